The van der Waals surface area contributed by atoms with Gasteiger partial charge >= 0.3 is 0 Å². The fourth-order valence-electron chi connectivity index (χ4n) is 2.75. The van der Waals surface area contributed by atoms with Crippen LogP contribution >= 0.6 is 0 Å². The Morgan fingerprint density at radius 1 is 1.27 bits per heavy atom. The number of carbonyl (C=O) groups is 1. The minimum absolute atomic E-state index is 0.235. The lowest BCUT2D eigenvalue weighted by molar-refractivity contribution is 0.0925. The van der Waals surface area contributed by atoms with Crippen molar-refractivity contribution in [3.05, 3.63) is 72.4 Å². The molecule has 0 fully saturated rings. The van der Waals surface area contributed by atoms with Crippen LogP contribution < -0.4 is 5.32 Å². The first-order valence-electron chi connectivity index (χ1n) is 8.37. The second kappa shape index (κ2) is 6.79. The standard InChI is InChI=1S/C19H17N5O2/c1-2-14(16-12-24-10-6-9-20-19(24)22-16)21-18(25)15-11-17(26-23-15)13-7-4-3-5-8-13/h3-12,14H,2H2,1H3,(H,21,25)/t14-/m0/s1. The number of amides is 1. The summed E-state index contributed by atoms with van der Waals surface area (Å²) in [5.74, 6) is 0.858. The van der Waals surface area contributed by atoms with Crippen molar-refractivity contribution in [3.63, 3.8) is 0 Å². The lowest BCUT2D eigenvalue weighted by Crippen LogP contribution is -2.28. The van der Waals surface area contributed by atoms with Gasteiger partial charge in [0.2, 0.25) is 5.78 Å². The molecule has 0 saturated heterocycles. The van der Waals surface area contributed by atoms with E-state index >= 15 is 0 Å². The summed E-state index contributed by atoms with van der Waals surface area (Å²) in [7, 11) is 0. The second-order valence-electron chi connectivity index (χ2n) is 5.87. The molecular formula is C19H17N5O2. The Labute approximate surface area is 149 Å². The van der Waals surface area contributed by atoms with E-state index in [0.717, 1.165) is 11.3 Å². The van der Waals surface area contributed by atoms with Gasteiger partial charge in [0.15, 0.2) is 11.5 Å². The van der Waals surface area contributed by atoms with Crippen LogP contribution in [0.5, 0.6) is 0 Å². The summed E-state index contributed by atoms with van der Waals surface area (Å²) < 4.78 is 7.13. The number of hydrogen-bond donors (Lipinski definition) is 1. The summed E-state index contributed by atoms with van der Waals surface area (Å²) in [6.45, 7) is 1.99. The van der Waals surface area contributed by atoms with Crippen molar-refractivity contribution in [1.29, 1.82) is 0 Å². The quantitative estimate of drug-likeness (QED) is 0.599. The molecule has 0 aliphatic heterocycles. The number of benzene rings is 1. The molecule has 1 N–H and O–H groups in total. The van der Waals surface area contributed by atoms with Crippen LogP contribution in [0.2, 0.25) is 0 Å². The van der Waals surface area contributed by atoms with E-state index in [1.54, 1.807) is 12.3 Å². The van der Waals surface area contributed by atoms with Crippen molar-refractivity contribution < 1.29 is 9.32 Å². The number of fused-ring (bicyclic) bond motifs is 1. The van der Waals surface area contributed by atoms with E-state index in [-0.39, 0.29) is 17.6 Å². The number of carbonyl (C=O) groups excluding carboxylic acids is 1. The summed E-state index contributed by atoms with van der Waals surface area (Å²) in [5.41, 5.74) is 1.87. The van der Waals surface area contributed by atoms with E-state index in [1.807, 2.05) is 60.1 Å². The van der Waals surface area contributed by atoms with Gasteiger partial charge in [-0.05, 0) is 12.5 Å². The zero-order valence-corrected chi connectivity index (χ0v) is 14.2. The van der Waals surface area contributed by atoms with Crippen molar-refractivity contribution in [2.24, 2.45) is 0 Å². The molecule has 0 spiro atoms. The Kier molecular flexibility index (Phi) is 4.18. The van der Waals surface area contributed by atoms with Crippen LogP contribution in [0.15, 0.2) is 65.6 Å². The smallest absolute Gasteiger partial charge is 0.274 e. The van der Waals surface area contributed by atoms with Crippen LogP contribution in [0.3, 0.4) is 0 Å². The Hall–Kier alpha value is -3.48. The first-order chi connectivity index (χ1) is 12.7. The van der Waals surface area contributed by atoms with Crippen LogP contribution in [0.25, 0.3) is 17.1 Å². The van der Waals surface area contributed by atoms with E-state index < -0.39 is 0 Å². The van der Waals surface area contributed by atoms with Crippen LogP contribution in [-0.2, 0) is 0 Å². The number of nitrogens with one attached hydrogen (secondary N) is 1. The Morgan fingerprint density at radius 3 is 2.88 bits per heavy atom. The van der Waals surface area contributed by atoms with Crippen molar-refractivity contribution in [1.82, 2.24) is 24.8 Å². The summed E-state index contributed by atoms with van der Waals surface area (Å²) in [5, 5.41) is 6.85. The van der Waals surface area contributed by atoms with Gasteiger partial charge in [-0.2, -0.15) is 0 Å². The molecule has 3 heterocycles. The Balaban J connectivity index is 1.53. The molecule has 26 heavy (non-hydrogen) atoms. The third-order valence-corrected chi connectivity index (χ3v) is 4.13. The highest BCUT2D eigenvalue weighted by Gasteiger charge is 2.20. The van der Waals surface area contributed by atoms with Crippen molar-refractivity contribution in [2.45, 2.75) is 19.4 Å². The summed E-state index contributed by atoms with van der Waals surface area (Å²) >= 11 is 0. The Bertz CT molecular complexity index is 1010. The molecule has 0 aliphatic carbocycles. The summed E-state index contributed by atoms with van der Waals surface area (Å²) in [6.07, 6.45) is 6.12. The van der Waals surface area contributed by atoms with E-state index in [0.29, 0.717) is 18.0 Å². The maximum absolute atomic E-state index is 12.6. The molecule has 0 unspecified atom stereocenters. The lowest BCUT2D eigenvalue weighted by atomic mass is 10.1. The normalized spacial score (nSPS) is 12.2. The van der Waals surface area contributed by atoms with Crippen LogP contribution in [0, 0.1) is 0 Å². The van der Waals surface area contributed by atoms with Gasteiger partial charge in [-0.25, -0.2) is 9.97 Å². The molecule has 4 rings (SSSR count). The SMILES string of the molecule is CC[C@H](NC(=O)c1cc(-c2ccccc2)on1)c1cn2cccnc2n1. The van der Waals surface area contributed by atoms with Gasteiger partial charge in [0.05, 0.1) is 11.7 Å². The zero-order chi connectivity index (χ0) is 17.9. The molecule has 0 saturated carbocycles. The number of aromatic nitrogens is 4. The molecule has 1 aromatic carbocycles. The van der Waals surface area contributed by atoms with E-state index in [9.17, 15) is 4.79 Å². The molecule has 7 nitrogen and oxygen atoms in total. The number of imidazole rings is 1. The topological polar surface area (TPSA) is 85.3 Å². The molecule has 0 bridgehead atoms. The van der Waals surface area contributed by atoms with E-state index in [1.165, 1.54) is 0 Å². The van der Waals surface area contributed by atoms with Gasteiger partial charge in [0.1, 0.15) is 0 Å². The molecule has 4 aromatic rings. The second-order valence-corrected chi connectivity index (χ2v) is 5.87. The minimum atomic E-state index is -0.298. The van der Waals surface area contributed by atoms with Gasteiger partial charge < -0.3 is 9.84 Å². The zero-order valence-electron chi connectivity index (χ0n) is 14.2. The third kappa shape index (κ3) is 3.06. The van der Waals surface area contributed by atoms with E-state index in [2.05, 4.69) is 20.4 Å². The predicted octanol–water partition coefficient (Wildman–Crippen LogP) is 3.27. The van der Waals surface area contributed by atoms with Crippen LogP contribution in [0.4, 0.5) is 0 Å². The maximum atomic E-state index is 12.6. The number of hydrogen-bond acceptors (Lipinski definition) is 5. The van der Waals surface area contributed by atoms with Crippen molar-refractivity contribution in [2.75, 3.05) is 0 Å². The lowest BCUT2D eigenvalue weighted by Gasteiger charge is -2.13. The van der Waals surface area contributed by atoms with Crippen molar-refractivity contribution >= 4 is 11.7 Å². The molecule has 7 heteroatoms. The molecule has 130 valence electrons. The third-order valence-electron chi connectivity index (χ3n) is 4.13. The van der Waals surface area contributed by atoms with Gasteiger partial charge in [0, 0.05) is 30.2 Å². The van der Waals surface area contributed by atoms with Crippen molar-refractivity contribution in [3.8, 4) is 11.3 Å². The largest absolute Gasteiger partial charge is 0.355 e. The molecule has 3 aromatic heterocycles. The van der Waals surface area contributed by atoms with Crippen LogP contribution in [0.1, 0.15) is 35.6 Å². The fraction of sp³-hybridized carbons (Fsp3) is 0.158. The van der Waals surface area contributed by atoms with Crippen LogP contribution in [-0.4, -0.2) is 25.4 Å². The molecule has 0 radical (unpaired) electrons. The predicted molar refractivity (Wildman–Crippen MR) is 95.4 cm³/mol. The average Bonchev–Trinajstić information content (AvgIpc) is 3.33. The van der Waals surface area contributed by atoms with Gasteiger partial charge in [0.25, 0.3) is 5.91 Å². The molecule has 0 aliphatic rings. The van der Waals surface area contributed by atoms with Gasteiger partial charge in [-0.1, -0.05) is 42.4 Å². The first-order valence-corrected chi connectivity index (χ1v) is 8.37. The summed E-state index contributed by atoms with van der Waals surface area (Å²) in [6, 6.07) is 12.8. The molecular weight excluding hydrogens is 330 g/mol. The number of rotatable bonds is 5. The number of nitrogens with zero attached hydrogens (tertiary/aromatic N) is 4. The van der Waals surface area contributed by atoms with E-state index in [4.69, 9.17) is 4.52 Å². The first kappa shape index (κ1) is 16.0. The summed E-state index contributed by atoms with van der Waals surface area (Å²) in [4.78, 5) is 21.2. The maximum Gasteiger partial charge on any atom is 0.274 e. The van der Waals surface area contributed by atoms with Gasteiger partial charge in [-0.15, -0.1) is 0 Å². The molecule has 1 amide bonds. The molecule has 1 atom stereocenters. The Morgan fingerprint density at radius 2 is 2.12 bits per heavy atom. The minimum Gasteiger partial charge on any atom is -0.355 e. The van der Waals surface area contributed by atoms with Gasteiger partial charge in [-0.3, -0.25) is 9.20 Å². The highest BCUT2D eigenvalue weighted by molar-refractivity contribution is 5.93. The fourth-order valence-corrected chi connectivity index (χ4v) is 2.75. The monoisotopic (exact) mass is 347 g/mol. The average molecular weight is 347 g/mol. The highest BCUT2D eigenvalue weighted by Crippen LogP contribution is 2.21. The highest BCUT2D eigenvalue weighted by atomic mass is 16.5.